The molecular weight excluding hydrogens is 260 g/mol. The van der Waals surface area contributed by atoms with Crippen molar-refractivity contribution in [2.24, 2.45) is 11.8 Å². The van der Waals surface area contributed by atoms with Crippen LogP contribution in [0, 0.1) is 11.8 Å². The molecule has 0 heterocycles. The fourth-order valence-electron chi connectivity index (χ4n) is 2.93. The van der Waals surface area contributed by atoms with Crippen molar-refractivity contribution in [2.75, 3.05) is 6.54 Å². The van der Waals surface area contributed by atoms with Crippen LogP contribution in [0.3, 0.4) is 0 Å². The number of rotatable bonds is 6. The van der Waals surface area contributed by atoms with E-state index in [4.69, 9.17) is 0 Å². The third-order valence-electron chi connectivity index (χ3n) is 4.10. The summed E-state index contributed by atoms with van der Waals surface area (Å²) in [6.07, 6.45) is 3.89. The van der Waals surface area contributed by atoms with Crippen molar-refractivity contribution in [1.82, 2.24) is 5.32 Å². The molecule has 2 nitrogen and oxygen atoms in total. The number of hydrogen-bond acceptors (Lipinski definition) is 2. The second-order valence-electron chi connectivity index (χ2n) is 5.87. The maximum absolute atomic E-state index is 12.2. The van der Waals surface area contributed by atoms with Crippen molar-refractivity contribution in [2.45, 2.75) is 45.8 Å². The Labute approximate surface area is 119 Å². The number of hydrogen-bond donors (Lipinski definition) is 1. The normalized spacial score (nSPS) is 24.1. The van der Waals surface area contributed by atoms with Gasteiger partial charge in [0.05, 0.1) is 0 Å². The number of nitrogens with one attached hydrogen (secondary N) is 1. The zero-order valence-electron chi connectivity index (χ0n) is 12.1. The van der Waals surface area contributed by atoms with Crippen LogP contribution in [0.1, 0.15) is 44.7 Å². The van der Waals surface area contributed by atoms with Crippen LogP contribution in [-0.2, 0) is 0 Å². The van der Waals surface area contributed by atoms with Gasteiger partial charge in [0.2, 0.25) is 0 Å². The molecule has 0 spiro atoms. The van der Waals surface area contributed by atoms with Crippen molar-refractivity contribution in [3.05, 3.63) is 29.8 Å². The molecule has 2 rings (SSSR count). The van der Waals surface area contributed by atoms with Crippen molar-refractivity contribution >= 4 is 0 Å². The smallest absolute Gasteiger partial charge is 0.387 e. The summed E-state index contributed by atoms with van der Waals surface area (Å²) in [6.45, 7) is 2.58. The minimum Gasteiger partial charge on any atom is -0.435 e. The summed E-state index contributed by atoms with van der Waals surface area (Å²) in [5.74, 6) is 1.80. The van der Waals surface area contributed by atoms with Crippen LogP contribution in [0.25, 0.3) is 0 Å². The van der Waals surface area contributed by atoms with E-state index < -0.39 is 6.61 Å². The molecule has 1 fully saturated rings. The fourth-order valence-corrected chi connectivity index (χ4v) is 2.93. The Morgan fingerprint density at radius 1 is 1.35 bits per heavy atom. The molecule has 1 aliphatic rings. The Morgan fingerprint density at radius 3 is 2.80 bits per heavy atom. The lowest BCUT2D eigenvalue weighted by atomic mass is 10.0. The molecule has 3 atom stereocenters. The number of halogens is 2. The fraction of sp³-hybridized carbons (Fsp3) is 0.625. The SMILES string of the molecule is CC1CCC(CNC(C)c2cccc(OC(F)F)c2)C1. The van der Waals surface area contributed by atoms with E-state index in [2.05, 4.69) is 23.9 Å². The number of benzene rings is 1. The van der Waals surface area contributed by atoms with Gasteiger partial charge in [0.15, 0.2) is 0 Å². The van der Waals surface area contributed by atoms with Gasteiger partial charge in [-0.05, 0) is 55.8 Å². The molecule has 0 saturated heterocycles. The predicted octanol–water partition coefficient (Wildman–Crippen LogP) is 4.37. The minimum absolute atomic E-state index is 0.145. The molecule has 1 aliphatic carbocycles. The number of alkyl halides is 2. The molecule has 0 aliphatic heterocycles. The van der Waals surface area contributed by atoms with E-state index >= 15 is 0 Å². The van der Waals surface area contributed by atoms with Gasteiger partial charge in [0.1, 0.15) is 5.75 Å². The zero-order valence-corrected chi connectivity index (χ0v) is 12.1. The van der Waals surface area contributed by atoms with Crippen LogP contribution >= 0.6 is 0 Å². The van der Waals surface area contributed by atoms with Gasteiger partial charge in [-0.3, -0.25) is 0 Å². The summed E-state index contributed by atoms with van der Waals surface area (Å²) in [5, 5.41) is 3.50. The Kier molecular flexibility index (Phi) is 5.35. The van der Waals surface area contributed by atoms with E-state index in [9.17, 15) is 8.78 Å². The monoisotopic (exact) mass is 283 g/mol. The Morgan fingerprint density at radius 2 is 2.15 bits per heavy atom. The summed E-state index contributed by atoms with van der Waals surface area (Å²) in [7, 11) is 0. The van der Waals surface area contributed by atoms with E-state index in [1.165, 1.54) is 19.3 Å². The molecule has 20 heavy (non-hydrogen) atoms. The first-order chi connectivity index (χ1) is 9.54. The van der Waals surface area contributed by atoms with Gasteiger partial charge in [-0.15, -0.1) is 0 Å². The largest absolute Gasteiger partial charge is 0.435 e. The molecule has 112 valence electrons. The molecule has 4 heteroatoms. The lowest BCUT2D eigenvalue weighted by molar-refractivity contribution is -0.0499. The summed E-state index contributed by atoms with van der Waals surface area (Å²) in [5.41, 5.74) is 0.981. The van der Waals surface area contributed by atoms with Crippen LogP contribution < -0.4 is 10.1 Å². The van der Waals surface area contributed by atoms with Crippen molar-refractivity contribution in [3.63, 3.8) is 0 Å². The minimum atomic E-state index is -2.77. The van der Waals surface area contributed by atoms with Crippen LogP contribution in [0.15, 0.2) is 24.3 Å². The predicted molar refractivity (Wildman–Crippen MR) is 76.0 cm³/mol. The van der Waals surface area contributed by atoms with Crippen LogP contribution in [0.2, 0.25) is 0 Å². The molecule has 0 aromatic heterocycles. The highest BCUT2D eigenvalue weighted by molar-refractivity contribution is 5.30. The van der Waals surface area contributed by atoms with Gasteiger partial charge in [0.25, 0.3) is 0 Å². The molecular formula is C16H23F2NO. The van der Waals surface area contributed by atoms with E-state index in [1.54, 1.807) is 18.2 Å². The first kappa shape index (κ1) is 15.2. The van der Waals surface area contributed by atoms with Crippen LogP contribution in [0.4, 0.5) is 8.78 Å². The Balaban J connectivity index is 1.86. The van der Waals surface area contributed by atoms with Gasteiger partial charge in [-0.1, -0.05) is 25.5 Å². The first-order valence-corrected chi connectivity index (χ1v) is 7.32. The molecule has 0 bridgehead atoms. The molecule has 1 aromatic rings. The number of ether oxygens (including phenoxy) is 1. The highest BCUT2D eigenvalue weighted by atomic mass is 19.3. The standard InChI is InChI=1S/C16H23F2NO/c1-11-6-7-13(8-11)10-19-12(2)14-4-3-5-15(9-14)20-16(17)18/h3-5,9,11-13,16,19H,6-8,10H2,1-2H3. The average Bonchev–Trinajstić information content (AvgIpc) is 2.81. The maximum atomic E-state index is 12.2. The van der Waals surface area contributed by atoms with Crippen molar-refractivity contribution < 1.29 is 13.5 Å². The Bertz CT molecular complexity index is 425. The molecule has 3 unspecified atom stereocenters. The summed E-state index contributed by atoms with van der Waals surface area (Å²) >= 11 is 0. The second-order valence-corrected chi connectivity index (χ2v) is 5.87. The highest BCUT2D eigenvalue weighted by Crippen LogP contribution is 2.30. The quantitative estimate of drug-likeness (QED) is 0.836. The molecule has 1 N–H and O–H groups in total. The van der Waals surface area contributed by atoms with Gasteiger partial charge in [-0.2, -0.15) is 8.78 Å². The van der Waals surface area contributed by atoms with Gasteiger partial charge >= 0.3 is 6.61 Å². The first-order valence-electron chi connectivity index (χ1n) is 7.32. The third kappa shape index (κ3) is 4.44. The van der Waals surface area contributed by atoms with Crippen LogP contribution in [0.5, 0.6) is 5.75 Å². The van der Waals surface area contributed by atoms with Crippen LogP contribution in [-0.4, -0.2) is 13.2 Å². The lowest BCUT2D eigenvalue weighted by Gasteiger charge is -2.18. The second kappa shape index (κ2) is 7.02. The molecule has 1 saturated carbocycles. The maximum Gasteiger partial charge on any atom is 0.387 e. The van der Waals surface area contributed by atoms with Gasteiger partial charge in [0, 0.05) is 6.04 Å². The Hall–Kier alpha value is -1.16. The third-order valence-corrected chi connectivity index (χ3v) is 4.10. The summed E-state index contributed by atoms with van der Waals surface area (Å²) < 4.78 is 28.8. The van der Waals surface area contributed by atoms with E-state index in [0.717, 1.165) is 23.9 Å². The average molecular weight is 283 g/mol. The molecule has 1 aromatic carbocycles. The van der Waals surface area contributed by atoms with Crippen molar-refractivity contribution in [1.29, 1.82) is 0 Å². The summed E-state index contributed by atoms with van der Waals surface area (Å²) in [4.78, 5) is 0. The zero-order chi connectivity index (χ0) is 14.5. The summed E-state index contributed by atoms with van der Waals surface area (Å²) in [6, 6.07) is 7.07. The van der Waals surface area contributed by atoms with Gasteiger partial charge in [-0.25, -0.2) is 0 Å². The highest BCUT2D eigenvalue weighted by Gasteiger charge is 2.21. The lowest BCUT2D eigenvalue weighted by Crippen LogP contribution is -2.24. The topological polar surface area (TPSA) is 21.3 Å². The van der Waals surface area contributed by atoms with E-state index in [0.29, 0.717) is 0 Å². The van der Waals surface area contributed by atoms with E-state index in [-0.39, 0.29) is 11.8 Å². The molecule has 0 radical (unpaired) electrons. The molecule has 0 amide bonds. The van der Waals surface area contributed by atoms with Gasteiger partial charge < -0.3 is 10.1 Å². The van der Waals surface area contributed by atoms with Crippen molar-refractivity contribution in [3.8, 4) is 5.75 Å². The van der Waals surface area contributed by atoms with E-state index in [1.807, 2.05) is 6.07 Å².